The quantitative estimate of drug-likeness (QED) is 0.709. The molecule has 0 fully saturated rings. The SMILES string of the molecule is O=C(C=Cc1ccco1)NCCc1csc(-n2cccn2)n1. The van der Waals surface area contributed by atoms with Gasteiger partial charge in [-0.1, -0.05) is 0 Å². The maximum atomic E-state index is 11.6. The van der Waals surface area contributed by atoms with Crippen molar-refractivity contribution in [3.63, 3.8) is 0 Å². The van der Waals surface area contributed by atoms with Gasteiger partial charge in [-0.3, -0.25) is 4.79 Å². The van der Waals surface area contributed by atoms with Crippen LogP contribution in [-0.4, -0.2) is 27.2 Å². The molecule has 3 heterocycles. The van der Waals surface area contributed by atoms with Crippen molar-refractivity contribution in [3.05, 3.63) is 59.8 Å². The van der Waals surface area contributed by atoms with Gasteiger partial charge in [0.1, 0.15) is 5.76 Å². The largest absolute Gasteiger partial charge is 0.465 e. The van der Waals surface area contributed by atoms with Gasteiger partial charge >= 0.3 is 0 Å². The standard InChI is InChI=1S/C15H14N4O2S/c20-14(5-4-13-3-1-10-21-13)16-8-6-12-11-22-15(18-12)19-9-2-7-17-19/h1-5,7,9-11H,6,8H2,(H,16,20). The molecule has 112 valence electrons. The molecule has 0 aromatic carbocycles. The van der Waals surface area contributed by atoms with E-state index in [1.807, 2.05) is 17.6 Å². The summed E-state index contributed by atoms with van der Waals surface area (Å²) in [7, 11) is 0. The van der Waals surface area contributed by atoms with Gasteiger partial charge in [-0.15, -0.1) is 11.3 Å². The summed E-state index contributed by atoms with van der Waals surface area (Å²) in [6, 6.07) is 5.42. The van der Waals surface area contributed by atoms with E-state index < -0.39 is 0 Å². The Kier molecular flexibility index (Phi) is 4.45. The third kappa shape index (κ3) is 3.70. The molecule has 3 rings (SSSR count). The Bertz CT molecular complexity index is 744. The third-order valence-electron chi connectivity index (χ3n) is 2.86. The van der Waals surface area contributed by atoms with Crippen molar-refractivity contribution in [2.75, 3.05) is 6.54 Å². The van der Waals surface area contributed by atoms with Gasteiger partial charge < -0.3 is 9.73 Å². The van der Waals surface area contributed by atoms with Crippen molar-refractivity contribution in [2.24, 2.45) is 0 Å². The lowest BCUT2D eigenvalue weighted by molar-refractivity contribution is -0.116. The summed E-state index contributed by atoms with van der Waals surface area (Å²) in [5.41, 5.74) is 0.936. The molecule has 0 saturated carbocycles. The normalized spacial score (nSPS) is 11.1. The first-order chi connectivity index (χ1) is 10.8. The Morgan fingerprint density at radius 1 is 1.45 bits per heavy atom. The number of nitrogens with zero attached hydrogens (tertiary/aromatic N) is 3. The van der Waals surface area contributed by atoms with Crippen molar-refractivity contribution >= 4 is 23.3 Å². The maximum absolute atomic E-state index is 11.6. The smallest absolute Gasteiger partial charge is 0.244 e. The summed E-state index contributed by atoms with van der Waals surface area (Å²) in [6.45, 7) is 0.531. The molecule has 3 aromatic heterocycles. The molecule has 0 unspecified atom stereocenters. The number of nitrogens with one attached hydrogen (secondary N) is 1. The predicted octanol–water partition coefficient (Wildman–Crippen LogP) is 2.29. The van der Waals surface area contributed by atoms with E-state index in [0.717, 1.165) is 10.8 Å². The lowest BCUT2D eigenvalue weighted by Crippen LogP contribution is -2.23. The zero-order valence-corrected chi connectivity index (χ0v) is 12.5. The van der Waals surface area contributed by atoms with Crippen LogP contribution in [0.15, 0.2) is 52.7 Å². The van der Waals surface area contributed by atoms with Crippen molar-refractivity contribution in [3.8, 4) is 5.13 Å². The van der Waals surface area contributed by atoms with E-state index in [2.05, 4.69) is 15.4 Å². The molecule has 1 N–H and O–H groups in total. The highest BCUT2D eigenvalue weighted by atomic mass is 32.1. The van der Waals surface area contributed by atoms with Crippen LogP contribution >= 0.6 is 11.3 Å². The van der Waals surface area contributed by atoms with Crippen molar-refractivity contribution in [1.29, 1.82) is 0 Å². The lowest BCUT2D eigenvalue weighted by atomic mass is 10.3. The Balaban J connectivity index is 1.46. The minimum atomic E-state index is -0.154. The van der Waals surface area contributed by atoms with Gasteiger partial charge in [-0.2, -0.15) is 5.10 Å². The van der Waals surface area contributed by atoms with Crippen molar-refractivity contribution in [2.45, 2.75) is 6.42 Å². The van der Waals surface area contributed by atoms with E-state index >= 15 is 0 Å². The first-order valence-corrected chi connectivity index (χ1v) is 7.63. The summed E-state index contributed by atoms with van der Waals surface area (Å²) in [4.78, 5) is 16.1. The van der Waals surface area contributed by atoms with E-state index in [4.69, 9.17) is 4.42 Å². The predicted molar refractivity (Wildman–Crippen MR) is 83.7 cm³/mol. The molecule has 0 atom stereocenters. The van der Waals surface area contributed by atoms with E-state index in [1.54, 1.807) is 35.4 Å². The summed E-state index contributed by atoms with van der Waals surface area (Å²) >= 11 is 1.52. The fourth-order valence-corrected chi connectivity index (χ4v) is 2.61. The summed E-state index contributed by atoms with van der Waals surface area (Å²) < 4.78 is 6.83. The first-order valence-electron chi connectivity index (χ1n) is 6.75. The average Bonchev–Trinajstić information content (AvgIpc) is 3.26. The second-order valence-corrected chi connectivity index (χ2v) is 5.30. The third-order valence-corrected chi connectivity index (χ3v) is 3.74. The molecule has 0 radical (unpaired) electrons. The summed E-state index contributed by atoms with van der Waals surface area (Å²) in [6.07, 6.45) is 8.90. The van der Waals surface area contributed by atoms with Crippen LogP contribution in [0.2, 0.25) is 0 Å². The van der Waals surface area contributed by atoms with Crippen LogP contribution in [0.3, 0.4) is 0 Å². The number of amides is 1. The molecule has 7 heteroatoms. The highest BCUT2D eigenvalue weighted by Gasteiger charge is 2.04. The fraction of sp³-hybridized carbons (Fsp3) is 0.133. The number of hydrogen-bond acceptors (Lipinski definition) is 5. The van der Waals surface area contributed by atoms with E-state index in [0.29, 0.717) is 18.7 Å². The highest BCUT2D eigenvalue weighted by Crippen LogP contribution is 2.13. The molecular weight excluding hydrogens is 300 g/mol. The molecular formula is C15H14N4O2S. The number of aromatic nitrogens is 3. The fourth-order valence-electron chi connectivity index (χ4n) is 1.81. The second-order valence-electron chi connectivity index (χ2n) is 4.46. The molecule has 0 spiro atoms. The Morgan fingerprint density at radius 3 is 3.18 bits per heavy atom. The van der Waals surface area contributed by atoms with Crippen molar-refractivity contribution in [1.82, 2.24) is 20.1 Å². The number of carbonyl (C=O) groups is 1. The highest BCUT2D eigenvalue weighted by molar-refractivity contribution is 7.12. The molecule has 1 amide bonds. The van der Waals surface area contributed by atoms with Gasteiger partial charge in [0.2, 0.25) is 11.0 Å². The molecule has 3 aromatic rings. The number of furan rings is 1. The average molecular weight is 314 g/mol. The van der Waals surface area contributed by atoms with Crippen LogP contribution in [-0.2, 0) is 11.2 Å². The molecule has 0 saturated heterocycles. The zero-order valence-electron chi connectivity index (χ0n) is 11.7. The number of hydrogen-bond donors (Lipinski definition) is 1. The zero-order chi connectivity index (χ0) is 15.2. The monoisotopic (exact) mass is 314 g/mol. The Labute approximate surface area is 131 Å². The Hall–Kier alpha value is -2.67. The molecule has 0 aliphatic carbocycles. The second kappa shape index (κ2) is 6.86. The molecule has 0 bridgehead atoms. The lowest BCUT2D eigenvalue weighted by Gasteiger charge is -1.99. The molecule has 6 nitrogen and oxygen atoms in total. The van der Waals surface area contributed by atoms with Crippen LogP contribution < -0.4 is 5.32 Å². The van der Waals surface area contributed by atoms with Gasteiger partial charge in [-0.05, 0) is 24.3 Å². The summed E-state index contributed by atoms with van der Waals surface area (Å²) in [5.74, 6) is 0.498. The minimum absolute atomic E-state index is 0.154. The van der Waals surface area contributed by atoms with Gasteiger partial charge in [-0.25, -0.2) is 9.67 Å². The summed E-state index contributed by atoms with van der Waals surface area (Å²) in [5, 5.41) is 9.74. The molecule has 0 aliphatic rings. The topological polar surface area (TPSA) is 73.0 Å². The minimum Gasteiger partial charge on any atom is -0.465 e. The van der Waals surface area contributed by atoms with Gasteiger partial charge in [0, 0.05) is 36.8 Å². The van der Waals surface area contributed by atoms with E-state index in [-0.39, 0.29) is 5.91 Å². The number of thiazole rings is 1. The molecule has 22 heavy (non-hydrogen) atoms. The van der Waals surface area contributed by atoms with Gasteiger partial charge in [0.25, 0.3) is 0 Å². The van der Waals surface area contributed by atoms with Crippen LogP contribution in [0.1, 0.15) is 11.5 Å². The maximum Gasteiger partial charge on any atom is 0.244 e. The van der Waals surface area contributed by atoms with E-state index in [9.17, 15) is 4.79 Å². The van der Waals surface area contributed by atoms with Crippen LogP contribution in [0.25, 0.3) is 11.2 Å². The van der Waals surface area contributed by atoms with Crippen LogP contribution in [0.4, 0.5) is 0 Å². The van der Waals surface area contributed by atoms with E-state index in [1.165, 1.54) is 17.4 Å². The number of rotatable bonds is 6. The van der Waals surface area contributed by atoms with Gasteiger partial charge in [0.05, 0.1) is 12.0 Å². The van der Waals surface area contributed by atoms with Gasteiger partial charge in [0.15, 0.2) is 0 Å². The van der Waals surface area contributed by atoms with Crippen molar-refractivity contribution < 1.29 is 9.21 Å². The number of carbonyl (C=O) groups excluding carboxylic acids is 1. The van der Waals surface area contributed by atoms with Crippen LogP contribution in [0, 0.1) is 0 Å². The van der Waals surface area contributed by atoms with Crippen LogP contribution in [0.5, 0.6) is 0 Å². The first kappa shape index (κ1) is 14.3. The molecule has 0 aliphatic heterocycles. The Morgan fingerprint density at radius 2 is 2.41 bits per heavy atom.